The van der Waals surface area contributed by atoms with Gasteiger partial charge in [0, 0.05) is 36.1 Å². The van der Waals surface area contributed by atoms with E-state index in [9.17, 15) is 4.79 Å². The SMILES string of the molecule is CCOc1cccc(-c2ccc(C(=O)Nc3ccc(N4CCC(NC)C4)cc3)o2)c1. The molecule has 1 aromatic heterocycles. The Kier molecular flexibility index (Phi) is 6.05. The number of ether oxygens (including phenoxy) is 1. The molecule has 1 atom stereocenters. The number of nitrogens with zero attached hydrogens (tertiary/aromatic N) is 1. The Bertz CT molecular complexity index is 997. The summed E-state index contributed by atoms with van der Waals surface area (Å²) in [7, 11) is 2.00. The van der Waals surface area contributed by atoms with E-state index in [2.05, 4.69) is 15.5 Å². The van der Waals surface area contributed by atoms with Gasteiger partial charge in [0.25, 0.3) is 5.91 Å². The summed E-state index contributed by atoms with van der Waals surface area (Å²) < 4.78 is 11.3. The first-order valence-electron chi connectivity index (χ1n) is 10.3. The summed E-state index contributed by atoms with van der Waals surface area (Å²) >= 11 is 0. The highest BCUT2D eigenvalue weighted by atomic mass is 16.5. The lowest BCUT2D eigenvalue weighted by Crippen LogP contribution is -2.29. The lowest BCUT2D eigenvalue weighted by atomic mass is 10.1. The van der Waals surface area contributed by atoms with Crippen LogP contribution < -0.4 is 20.3 Å². The number of amides is 1. The van der Waals surface area contributed by atoms with Gasteiger partial charge in [-0.1, -0.05) is 12.1 Å². The number of likely N-dealkylation sites (N-methyl/N-ethyl adjacent to an activating group) is 1. The maximum Gasteiger partial charge on any atom is 0.291 e. The minimum atomic E-state index is -0.272. The molecule has 2 N–H and O–H groups in total. The van der Waals surface area contributed by atoms with Crippen LogP contribution in [0.5, 0.6) is 5.75 Å². The van der Waals surface area contributed by atoms with Gasteiger partial charge < -0.3 is 24.7 Å². The molecule has 1 amide bonds. The van der Waals surface area contributed by atoms with Crippen molar-refractivity contribution in [2.24, 2.45) is 0 Å². The van der Waals surface area contributed by atoms with Gasteiger partial charge in [-0.15, -0.1) is 0 Å². The molecular formula is C24H27N3O3. The highest BCUT2D eigenvalue weighted by Crippen LogP contribution is 2.27. The fraction of sp³-hybridized carbons (Fsp3) is 0.292. The average molecular weight is 405 g/mol. The second-order valence-electron chi connectivity index (χ2n) is 7.35. The molecule has 156 valence electrons. The van der Waals surface area contributed by atoms with Crippen molar-refractivity contribution in [3.8, 4) is 17.1 Å². The summed E-state index contributed by atoms with van der Waals surface area (Å²) in [6, 6.07) is 19.6. The number of rotatable bonds is 7. The smallest absolute Gasteiger partial charge is 0.291 e. The van der Waals surface area contributed by atoms with Gasteiger partial charge in [0.1, 0.15) is 11.5 Å². The number of carbonyl (C=O) groups is 1. The van der Waals surface area contributed by atoms with Crippen molar-refractivity contribution in [1.29, 1.82) is 0 Å². The van der Waals surface area contributed by atoms with Crippen LogP contribution in [0.1, 0.15) is 23.9 Å². The van der Waals surface area contributed by atoms with Crippen molar-refractivity contribution >= 4 is 17.3 Å². The topological polar surface area (TPSA) is 66.7 Å². The molecule has 0 bridgehead atoms. The maximum absolute atomic E-state index is 12.6. The summed E-state index contributed by atoms with van der Waals surface area (Å²) in [4.78, 5) is 15.0. The summed E-state index contributed by atoms with van der Waals surface area (Å²) in [6.07, 6.45) is 1.14. The third-order valence-electron chi connectivity index (χ3n) is 5.35. The summed E-state index contributed by atoms with van der Waals surface area (Å²) in [6.45, 7) is 4.58. The molecule has 2 heterocycles. The second kappa shape index (κ2) is 9.05. The van der Waals surface area contributed by atoms with Crippen molar-refractivity contribution in [3.63, 3.8) is 0 Å². The van der Waals surface area contributed by atoms with Gasteiger partial charge in [0.05, 0.1) is 6.61 Å². The molecule has 1 aliphatic heterocycles. The first-order chi connectivity index (χ1) is 14.7. The minimum Gasteiger partial charge on any atom is -0.494 e. The normalized spacial score (nSPS) is 15.9. The van der Waals surface area contributed by atoms with Crippen molar-refractivity contribution in [1.82, 2.24) is 5.32 Å². The molecule has 1 unspecified atom stereocenters. The Morgan fingerprint density at radius 2 is 2.00 bits per heavy atom. The number of anilines is 2. The van der Waals surface area contributed by atoms with Gasteiger partial charge in [-0.25, -0.2) is 0 Å². The van der Waals surface area contributed by atoms with E-state index in [-0.39, 0.29) is 11.7 Å². The lowest BCUT2D eigenvalue weighted by Gasteiger charge is -2.19. The third-order valence-corrected chi connectivity index (χ3v) is 5.35. The molecule has 4 rings (SSSR count). The predicted molar refractivity (Wildman–Crippen MR) is 119 cm³/mol. The van der Waals surface area contributed by atoms with E-state index in [0.29, 0.717) is 18.4 Å². The second-order valence-corrected chi connectivity index (χ2v) is 7.35. The van der Waals surface area contributed by atoms with E-state index in [4.69, 9.17) is 9.15 Å². The molecule has 0 radical (unpaired) electrons. The highest BCUT2D eigenvalue weighted by Gasteiger charge is 2.21. The van der Waals surface area contributed by atoms with Gasteiger partial charge in [-0.05, 0) is 68.9 Å². The number of nitrogens with one attached hydrogen (secondary N) is 2. The molecule has 3 aromatic rings. The van der Waals surface area contributed by atoms with E-state index >= 15 is 0 Å². The van der Waals surface area contributed by atoms with Crippen LogP contribution in [0.4, 0.5) is 11.4 Å². The number of furan rings is 1. The van der Waals surface area contributed by atoms with E-state index < -0.39 is 0 Å². The van der Waals surface area contributed by atoms with Crippen LogP contribution in [-0.2, 0) is 0 Å². The quantitative estimate of drug-likeness (QED) is 0.610. The van der Waals surface area contributed by atoms with E-state index in [0.717, 1.165) is 36.5 Å². The Labute approximate surface area is 176 Å². The molecule has 6 heteroatoms. The van der Waals surface area contributed by atoms with Crippen LogP contribution in [0.15, 0.2) is 65.1 Å². The minimum absolute atomic E-state index is 0.271. The molecule has 0 spiro atoms. The zero-order valence-corrected chi connectivity index (χ0v) is 17.4. The standard InChI is InChI=1S/C24H27N3O3/c1-3-29-21-6-4-5-17(15-21)22-11-12-23(30-22)24(28)26-18-7-9-20(10-8-18)27-14-13-19(16-27)25-2/h4-12,15,19,25H,3,13-14,16H2,1-2H3,(H,26,28). The van der Waals surface area contributed by atoms with Gasteiger partial charge in [0.2, 0.25) is 0 Å². The van der Waals surface area contributed by atoms with E-state index in [1.54, 1.807) is 12.1 Å². The fourth-order valence-corrected chi connectivity index (χ4v) is 3.70. The Morgan fingerprint density at radius 3 is 2.73 bits per heavy atom. The maximum atomic E-state index is 12.6. The predicted octanol–water partition coefficient (Wildman–Crippen LogP) is 4.40. The molecular weight excluding hydrogens is 378 g/mol. The van der Waals surface area contributed by atoms with Crippen LogP contribution in [-0.4, -0.2) is 38.7 Å². The lowest BCUT2D eigenvalue weighted by molar-refractivity contribution is 0.0997. The van der Waals surface area contributed by atoms with E-state index in [1.165, 1.54) is 5.69 Å². The van der Waals surface area contributed by atoms with Crippen molar-refractivity contribution in [2.75, 3.05) is 37.0 Å². The molecule has 0 saturated carbocycles. The van der Waals surface area contributed by atoms with Gasteiger partial charge in [-0.3, -0.25) is 4.79 Å². The van der Waals surface area contributed by atoms with Gasteiger partial charge >= 0.3 is 0 Å². The Morgan fingerprint density at radius 1 is 1.17 bits per heavy atom. The number of benzene rings is 2. The van der Waals surface area contributed by atoms with E-state index in [1.807, 2.05) is 62.5 Å². The third kappa shape index (κ3) is 4.49. The molecule has 0 aliphatic carbocycles. The molecule has 6 nitrogen and oxygen atoms in total. The largest absolute Gasteiger partial charge is 0.494 e. The van der Waals surface area contributed by atoms with Gasteiger partial charge in [-0.2, -0.15) is 0 Å². The van der Waals surface area contributed by atoms with Crippen LogP contribution in [0.2, 0.25) is 0 Å². The molecule has 1 aliphatic rings. The van der Waals surface area contributed by atoms with Crippen molar-refractivity contribution in [3.05, 3.63) is 66.4 Å². The molecule has 1 fully saturated rings. The molecule has 2 aromatic carbocycles. The summed E-state index contributed by atoms with van der Waals surface area (Å²) in [5.41, 5.74) is 2.78. The summed E-state index contributed by atoms with van der Waals surface area (Å²) in [5, 5.41) is 6.23. The first kappa shape index (κ1) is 20.0. The van der Waals surface area contributed by atoms with Crippen molar-refractivity contribution < 1.29 is 13.9 Å². The Balaban J connectivity index is 1.40. The summed E-state index contributed by atoms with van der Waals surface area (Å²) in [5.74, 6) is 1.40. The zero-order chi connectivity index (χ0) is 20.9. The van der Waals surface area contributed by atoms with Crippen LogP contribution >= 0.6 is 0 Å². The van der Waals surface area contributed by atoms with Crippen LogP contribution in [0, 0.1) is 0 Å². The first-order valence-corrected chi connectivity index (χ1v) is 10.3. The van der Waals surface area contributed by atoms with Gasteiger partial charge in [0.15, 0.2) is 5.76 Å². The zero-order valence-electron chi connectivity index (χ0n) is 17.4. The van der Waals surface area contributed by atoms with Crippen LogP contribution in [0.25, 0.3) is 11.3 Å². The van der Waals surface area contributed by atoms with Crippen LogP contribution in [0.3, 0.4) is 0 Å². The fourth-order valence-electron chi connectivity index (χ4n) is 3.70. The average Bonchev–Trinajstić information content (AvgIpc) is 3.45. The number of carbonyl (C=O) groups excluding carboxylic acids is 1. The Hall–Kier alpha value is -3.25. The molecule has 1 saturated heterocycles. The van der Waals surface area contributed by atoms with Crippen molar-refractivity contribution in [2.45, 2.75) is 19.4 Å². The number of hydrogen-bond donors (Lipinski definition) is 2. The number of hydrogen-bond acceptors (Lipinski definition) is 5. The monoisotopic (exact) mass is 405 g/mol. The molecule has 30 heavy (non-hydrogen) atoms. The highest BCUT2D eigenvalue weighted by molar-refractivity contribution is 6.02.